The van der Waals surface area contributed by atoms with Crippen molar-refractivity contribution >= 4 is 27.4 Å². The van der Waals surface area contributed by atoms with E-state index in [1.54, 1.807) is 36.7 Å². The van der Waals surface area contributed by atoms with Crippen molar-refractivity contribution in [1.82, 2.24) is 9.97 Å². The van der Waals surface area contributed by atoms with Crippen molar-refractivity contribution in [2.75, 3.05) is 24.6 Å². The van der Waals surface area contributed by atoms with Crippen LogP contribution in [0.1, 0.15) is 45.4 Å². The average molecular weight is 464 g/mol. The second-order valence-corrected chi connectivity index (χ2v) is 11.5. The molecule has 2 aliphatic rings. The average Bonchev–Trinajstić information content (AvgIpc) is 3.62. The van der Waals surface area contributed by atoms with Crippen LogP contribution in [0.25, 0.3) is 0 Å². The van der Waals surface area contributed by atoms with Gasteiger partial charge in [0.1, 0.15) is 5.75 Å². The first-order valence-electron chi connectivity index (χ1n) is 11.1. The highest BCUT2D eigenvalue weighted by atomic mass is 35.5. The van der Waals surface area contributed by atoms with Crippen molar-refractivity contribution in [3.05, 3.63) is 41.7 Å². The molecule has 0 N–H and O–H groups in total. The smallest absolute Gasteiger partial charge is 0.225 e. The Kier molecular flexibility index (Phi) is 7.02. The van der Waals surface area contributed by atoms with Crippen molar-refractivity contribution in [3.8, 4) is 5.75 Å². The first kappa shape index (κ1) is 22.3. The van der Waals surface area contributed by atoms with E-state index >= 15 is 0 Å². The maximum absolute atomic E-state index is 12.3. The van der Waals surface area contributed by atoms with E-state index in [2.05, 4.69) is 21.8 Å². The van der Waals surface area contributed by atoms with Gasteiger partial charge in [-0.25, -0.2) is 18.4 Å². The summed E-state index contributed by atoms with van der Waals surface area (Å²) in [5, 5.41) is 0.389. The summed E-state index contributed by atoms with van der Waals surface area (Å²) >= 11 is 5.87. The first-order chi connectivity index (χ1) is 14.9. The molecule has 1 aromatic carbocycles. The second kappa shape index (κ2) is 9.74. The van der Waals surface area contributed by atoms with Crippen LogP contribution in [0.5, 0.6) is 5.75 Å². The number of anilines is 1. The van der Waals surface area contributed by atoms with Gasteiger partial charge in [0, 0.05) is 13.1 Å². The monoisotopic (exact) mass is 463 g/mol. The molecule has 0 spiro atoms. The summed E-state index contributed by atoms with van der Waals surface area (Å²) < 4.78 is 30.4. The van der Waals surface area contributed by atoms with Crippen molar-refractivity contribution in [2.45, 2.75) is 55.6 Å². The van der Waals surface area contributed by atoms with Gasteiger partial charge in [-0.3, -0.25) is 0 Å². The molecule has 0 radical (unpaired) electrons. The lowest BCUT2D eigenvalue weighted by atomic mass is 9.87. The number of rotatable bonds is 9. The number of piperidine rings is 1. The van der Waals surface area contributed by atoms with E-state index in [0.717, 1.165) is 56.9 Å². The van der Waals surface area contributed by atoms with Gasteiger partial charge in [0.25, 0.3) is 0 Å². The zero-order chi connectivity index (χ0) is 21.8. The van der Waals surface area contributed by atoms with E-state index in [9.17, 15) is 8.42 Å². The maximum Gasteiger partial charge on any atom is 0.225 e. The van der Waals surface area contributed by atoms with E-state index in [-0.39, 0.29) is 5.25 Å². The van der Waals surface area contributed by atoms with Gasteiger partial charge in [0.05, 0.1) is 34.2 Å². The number of ether oxygens (including phenoxy) is 1. The topological polar surface area (TPSA) is 72.4 Å². The van der Waals surface area contributed by atoms with Gasteiger partial charge >= 0.3 is 0 Å². The molecule has 4 rings (SSSR count). The predicted molar refractivity (Wildman–Crippen MR) is 123 cm³/mol. The van der Waals surface area contributed by atoms with E-state index in [1.165, 1.54) is 6.42 Å². The minimum atomic E-state index is -3.13. The third-order valence-corrected chi connectivity index (χ3v) is 8.71. The number of hydrogen-bond donors (Lipinski definition) is 0. The van der Waals surface area contributed by atoms with Crippen LogP contribution in [-0.2, 0) is 9.84 Å². The van der Waals surface area contributed by atoms with Gasteiger partial charge < -0.3 is 9.64 Å². The predicted octanol–water partition coefficient (Wildman–Crippen LogP) is 4.78. The molecule has 1 atom stereocenters. The van der Waals surface area contributed by atoms with Crippen LogP contribution in [0, 0.1) is 11.8 Å². The molecule has 1 unspecified atom stereocenters. The molecule has 168 valence electrons. The molecular weight excluding hydrogens is 434 g/mol. The van der Waals surface area contributed by atoms with Crippen LogP contribution in [0.2, 0.25) is 5.02 Å². The van der Waals surface area contributed by atoms with E-state index in [4.69, 9.17) is 16.3 Å². The molecule has 1 aliphatic heterocycles. The lowest BCUT2D eigenvalue weighted by molar-refractivity contribution is 0.252. The molecule has 6 nitrogen and oxygen atoms in total. The standard InChI is InChI=1S/C23H30ClN3O3S/c1-17(14-18-8-11-27(12-9-18)23-25-15-19(24)16-26-23)10-13-30-20-2-4-21(5-3-20)31(28,29)22-6-7-22/h2-5,15-18,22H,6-14H2,1H3. The van der Waals surface area contributed by atoms with Crippen LogP contribution >= 0.6 is 11.6 Å². The van der Waals surface area contributed by atoms with Gasteiger partial charge in [-0.15, -0.1) is 0 Å². The highest BCUT2D eigenvalue weighted by Gasteiger charge is 2.36. The molecule has 2 aromatic rings. The molecule has 2 fully saturated rings. The fourth-order valence-electron chi connectivity index (χ4n) is 4.20. The Labute approximate surface area is 189 Å². The van der Waals surface area contributed by atoms with E-state index < -0.39 is 9.84 Å². The summed E-state index contributed by atoms with van der Waals surface area (Å²) in [6, 6.07) is 6.89. The Morgan fingerprint density at radius 1 is 1.10 bits per heavy atom. The fraction of sp³-hybridized carbons (Fsp3) is 0.565. The maximum atomic E-state index is 12.3. The highest BCUT2D eigenvalue weighted by Crippen LogP contribution is 2.34. The Balaban J connectivity index is 1.16. The molecule has 2 heterocycles. The summed E-state index contributed by atoms with van der Waals surface area (Å²) in [6.45, 7) is 4.88. The van der Waals surface area contributed by atoms with Crippen LogP contribution in [0.3, 0.4) is 0 Å². The number of benzene rings is 1. The van der Waals surface area contributed by atoms with Crippen LogP contribution in [0.4, 0.5) is 5.95 Å². The van der Waals surface area contributed by atoms with Crippen molar-refractivity contribution in [3.63, 3.8) is 0 Å². The molecule has 8 heteroatoms. The van der Waals surface area contributed by atoms with Crippen LogP contribution in [-0.4, -0.2) is 43.3 Å². The van der Waals surface area contributed by atoms with Gasteiger partial charge in [-0.2, -0.15) is 0 Å². The number of sulfone groups is 1. The first-order valence-corrected chi connectivity index (χ1v) is 13.0. The Bertz CT molecular complexity index is 955. The second-order valence-electron chi connectivity index (χ2n) is 8.83. The molecule has 0 bridgehead atoms. The summed E-state index contributed by atoms with van der Waals surface area (Å²) in [7, 11) is -3.13. The van der Waals surface area contributed by atoms with Crippen molar-refractivity contribution in [1.29, 1.82) is 0 Å². The molecule has 31 heavy (non-hydrogen) atoms. The molecule has 1 aliphatic carbocycles. The minimum absolute atomic E-state index is 0.175. The highest BCUT2D eigenvalue weighted by molar-refractivity contribution is 7.92. The third-order valence-electron chi connectivity index (χ3n) is 6.23. The molecule has 1 saturated heterocycles. The Hall–Kier alpha value is -1.86. The lowest BCUT2D eigenvalue weighted by Crippen LogP contribution is -2.35. The molecule has 1 saturated carbocycles. The van der Waals surface area contributed by atoms with Crippen LogP contribution in [0.15, 0.2) is 41.6 Å². The molecule has 0 amide bonds. The zero-order valence-electron chi connectivity index (χ0n) is 17.9. The van der Waals surface area contributed by atoms with Crippen molar-refractivity contribution in [2.24, 2.45) is 11.8 Å². The summed E-state index contributed by atoms with van der Waals surface area (Å²) in [6.07, 6.45) is 9.34. The van der Waals surface area contributed by atoms with E-state index in [0.29, 0.717) is 28.4 Å². The number of aromatic nitrogens is 2. The summed E-state index contributed by atoms with van der Waals surface area (Å²) in [5.41, 5.74) is 0. The normalized spacial score (nSPS) is 18.7. The number of hydrogen-bond acceptors (Lipinski definition) is 6. The van der Waals surface area contributed by atoms with Crippen LogP contribution < -0.4 is 9.64 Å². The Morgan fingerprint density at radius 3 is 2.35 bits per heavy atom. The summed E-state index contributed by atoms with van der Waals surface area (Å²) in [4.78, 5) is 11.3. The van der Waals surface area contributed by atoms with Gasteiger partial charge in [0.15, 0.2) is 9.84 Å². The van der Waals surface area contributed by atoms with Gasteiger partial charge in [-0.05, 0) is 74.6 Å². The van der Waals surface area contributed by atoms with Crippen molar-refractivity contribution < 1.29 is 13.2 Å². The van der Waals surface area contributed by atoms with Gasteiger partial charge in [0.2, 0.25) is 5.95 Å². The lowest BCUT2D eigenvalue weighted by Gasteiger charge is -2.33. The SMILES string of the molecule is CC(CCOc1ccc(S(=O)(=O)C2CC2)cc1)CC1CCN(c2ncc(Cl)cn2)CC1. The molecule has 1 aromatic heterocycles. The Morgan fingerprint density at radius 2 is 1.74 bits per heavy atom. The number of halogens is 1. The zero-order valence-corrected chi connectivity index (χ0v) is 19.5. The quantitative estimate of drug-likeness (QED) is 0.533. The third kappa shape index (κ3) is 5.89. The number of nitrogens with zero attached hydrogens (tertiary/aromatic N) is 3. The largest absolute Gasteiger partial charge is 0.494 e. The van der Waals surface area contributed by atoms with Gasteiger partial charge in [-0.1, -0.05) is 18.5 Å². The fourth-order valence-corrected chi connectivity index (χ4v) is 5.95. The minimum Gasteiger partial charge on any atom is -0.494 e. The molecular formula is C23H30ClN3O3S. The van der Waals surface area contributed by atoms with E-state index in [1.807, 2.05) is 0 Å². The summed E-state index contributed by atoms with van der Waals surface area (Å²) in [5.74, 6) is 2.79.